The van der Waals surface area contributed by atoms with Crippen LogP contribution in [0.1, 0.15) is 24.3 Å². The van der Waals surface area contributed by atoms with Crippen LogP contribution in [0.5, 0.6) is 0 Å². The van der Waals surface area contributed by atoms with Gasteiger partial charge < -0.3 is 9.73 Å². The van der Waals surface area contributed by atoms with Crippen molar-refractivity contribution in [1.29, 1.82) is 0 Å². The summed E-state index contributed by atoms with van der Waals surface area (Å²) in [5, 5.41) is 2.77. The molecule has 7 heteroatoms. The molecule has 22 heavy (non-hydrogen) atoms. The maximum Gasteiger partial charge on any atom is 0.235 e. The Balaban J connectivity index is 2.10. The molecule has 118 valence electrons. The highest BCUT2D eigenvalue weighted by Gasteiger charge is 2.20. The second-order valence-corrected chi connectivity index (χ2v) is 6.75. The molecule has 0 aliphatic rings. The first-order valence-electron chi connectivity index (χ1n) is 6.87. The van der Waals surface area contributed by atoms with Crippen LogP contribution in [0.4, 0.5) is 0 Å². The van der Waals surface area contributed by atoms with E-state index in [0.29, 0.717) is 5.76 Å². The van der Waals surface area contributed by atoms with Crippen LogP contribution in [0, 0.1) is 0 Å². The fourth-order valence-electron chi connectivity index (χ4n) is 1.91. The second-order valence-electron chi connectivity index (χ2n) is 4.65. The van der Waals surface area contributed by atoms with Crippen molar-refractivity contribution in [2.45, 2.75) is 13.0 Å². The van der Waals surface area contributed by atoms with Crippen LogP contribution in [0.25, 0.3) is 0 Å². The summed E-state index contributed by atoms with van der Waals surface area (Å²) < 4.78 is 30.4. The lowest BCUT2D eigenvalue weighted by Crippen LogP contribution is -2.39. The Bertz CT molecular complexity index is 696. The van der Waals surface area contributed by atoms with Gasteiger partial charge in [0.15, 0.2) is 0 Å². The summed E-state index contributed by atoms with van der Waals surface area (Å²) >= 11 is 0. The van der Waals surface area contributed by atoms with Crippen LogP contribution in [0.2, 0.25) is 0 Å². The number of sulfonamides is 1. The number of nitrogens with one attached hydrogen (secondary N) is 2. The smallest absolute Gasteiger partial charge is 0.235 e. The van der Waals surface area contributed by atoms with Gasteiger partial charge in [0, 0.05) is 0 Å². The first kappa shape index (κ1) is 16.3. The van der Waals surface area contributed by atoms with Gasteiger partial charge in [0.05, 0.1) is 18.6 Å². The Morgan fingerprint density at radius 1 is 1.18 bits per heavy atom. The minimum absolute atomic E-state index is 0.0689. The van der Waals surface area contributed by atoms with E-state index in [2.05, 4.69) is 10.0 Å². The van der Waals surface area contributed by atoms with E-state index in [9.17, 15) is 13.2 Å². The third-order valence-corrected chi connectivity index (χ3v) is 4.44. The Kier molecular flexibility index (Phi) is 5.35. The molecule has 1 atom stereocenters. The van der Waals surface area contributed by atoms with Crippen molar-refractivity contribution in [2.75, 3.05) is 12.3 Å². The zero-order valence-corrected chi connectivity index (χ0v) is 13.0. The molecular weight excluding hydrogens is 304 g/mol. The highest BCUT2D eigenvalue weighted by atomic mass is 32.2. The molecule has 0 aliphatic heterocycles. The molecule has 6 nitrogen and oxygen atoms in total. The topological polar surface area (TPSA) is 88.4 Å². The highest BCUT2D eigenvalue weighted by molar-refractivity contribution is 7.89. The van der Waals surface area contributed by atoms with Gasteiger partial charge in [-0.25, -0.2) is 13.1 Å². The van der Waals surface area contributed by atoms with Crippen LogP contribution < -0.4 is 10.0 Å². The number of rotatable bonds is 7. The first-order valence-corrected chi connectivity index (χ1v) is 8.52. The number of carbonyl (C=O) groups is 1. The molecule has 0 aliphatic carbocycles. The predicted molar refractivity (Wildman–Crippen MR) is 82.6 cm³/mol. The van der Waals surface area contributed by atoms with Crippen molar-refractivity contribution in [3.8, 4) is 0 Å². The summed E-state index contributed by atoms with van der Waals surface area (Å²) in [4.78, 5) is 12.0. The van der Waals surface area contributed by atoms with Crippen molar-refractivity contribution >= 4 is 15.9 Å². The summed E-state index contributed by atoms with van der Waals surface area (Å²) in [6.45, 7) is 1.20. The molecular formula is C15H18N2O4S. The molecule has 0 fully saturated rings. The zero-order chi connectivity index (χ0) is 16.0. The Labute approximate surface area is 129 Å². The van der Waals surface area contributed by atoms with Crippen molar-refractivity contribution < 1.29 is 17.6 Å². The average Bonchev–Trinajstić information content (AvgIpc) is 3.06. The van der Waals surface area contributed by atoms with E-state index in [4.69, 9.17) is 4.42 Å². The molecule has 0 radical (unpaired) electrons. The lowest BCUT2D eigenvalue weighted by atomic mass is 10.0. The Morgan fingerprint density at radius 3 is 2.50 bits per heavy atom. The van der Waals surface area contributed by atoms with Crippen molar-refractivity contribution in [2.24, 2.45) is 0 Å². The monoisotopic (exact) mass is 322 g/mol. The highest BCUT2D eigenvalue weighted by Crippen LogP contribution is 2.22. The molecule has 1 amide bonds. The molecule has 2 rings (SSSR count). The van der Waals surface area contributed by atoms with Gasteiger partial charge in [-0.15, -0.1) is 0 Å². The minimum atomic E-state index is -3.40. The molecule has 0 saturated carbocycles. The molecule has 1 unspecified atom stereocenters. The van der Waals surface area contributed by atoms with Crippen molar-refractivity contribution in [3.05, 3.63) is 60.1 Å². The number of hydrogen-bond donors (Lipinski definition) is 2. The number of amides is 1. The average molecular weight is 322 g/mol. The molecule has 1 aromatic heterocycles. The van der Waals surface area contributed by atoms with Gasteiger partial charge in [0.2, 0.25) is 15.9 Å². The molecule has 2 aromatic rings. The molecule has 0 bridgehead atoms. The predicted octanol–water partition coefficient (Wildman–Crippen LogP) is 1.42. The second kappa shape index (κ2) is 7.24. The van der Waals surface area contributed by atoms with E-state index < -0.39 is 22.0 Å². The van der Waals surface area contributed by atoms with E-state index in [-0.39, 0.29) is 12.3 Å². The van der Waals surface area contributed by atoms with Crippen LogP contribution >= 0.6 is 0 Å². The van der Waals surface area contributed by atoms with Crippen molar-refractivity contribution in [3.63, 3.8) is 0 Å². The van der Waals surface area contributed by atoms with Gasteiger partial charge in [0.1, 0.15) is 11.8 Å². The maximum atomic E-state index is 12.0. The van der Waals surface area contributed by atoms with Crippen LogP contribution in [-0.4, -0.2) is 26.6 Å². The third-order valence-electron chi connectivity index (χ3n) is 3.10. The standard InChI is InChI=1S/C15H18N2O4S/c1-2-22(19,20)16-11-14(18)17-15(13-9-6-10-21-13)12-7-4-3-5-8-12/h3-10,15-16H,2,11H2,1H3,(H,17,18). The number of furan rings is 1. The Morgan fingerprint density at radius 2 is 1.91 bits per heavy atom. The van der Waals surface area contributed by atoms with E-state index >= 15 is 0 Å². The first-order chi connectivity index (χ1) is 10.5. The molecule has 1 heterocycles. The summed E-state index contributed by atoms with van der Waals surface area (Å²) in [7, 11) is -3.40. The molecule has 1 aromatic carbocycles. The van der Waals surface area contributed by atoms with Gasteiger partial charge in [0.25, 0.3) is 0 Å². The lowest BCUT2D eigenvalue weighted by Gasteiger charge is -2.17. The fraction of sp³-hybridized carbons (Fsp3) is 0.267. The van der Waals surface area contributed by atoms with E-state index in [1.54, 1.807) is 12.1 Å². The van der Waals surface area contributed by atoms with Crippen LogP contribution in [0.3, 0.4) is 0 Å². The number of hydrogen-bond acceptors (Lipinski definition) is 4. The van der Waals surface area contributed by atoms with E-state index in [0.717, 1.165) is 5.56 Å². The van der Waals surface area contributed by atoms with Gasteiger partial charge in [-0.3, -0.25) is 4.79 Å². The number of benzene rings is 1. The third kappa shape index (κ3) is 4.44. The summed E-state index contributed by atoms with van der Waals surface area (Å²) in [6, 6.07) is 12.3. The van der Waals surface area contributed by atoms with Gasteiger partial charge >= 0.3 is 0 Å². The Hall–Kier alpha value is -2.12. The molecule has 0 saturated heterocycles. The van der Waals surface area contributed by atoms with E-state index in [1.807, 2.05) is 30.3 Å². The van der Waals surface area contributed by atoms with E-state index in [1.165, 1.54) is 13.2 Å². The summed E-state index contributed by atoms with van der Waals surface area (Å²) in [5.74, 6) is 0.0841. The maximum absolute atomic E-state index is 12.0. The lowest BCUT2D eigenvalue weighted by molar-refractivity contribution is -0.120. The SMILES string of the molecule is CCS(=O)(=O)NCC(=O)NC(c1ccccc1)c1ccco1. The largest absolute Gasteiger partial charge is 0.467 e. The van der Waals surface area contributed by atoms with Gasteiger partial charge in [-0.05, 0) is 24.6 Å². The van der Waals surface area contributed by atoms with Crippen LogP contribution in [-0.2, 0) is 14.8 Å². The van der Waals surface area contributed by atoms with Gasteiger partial charge in [-0.2, -0.15) is 0 Å². The quantitative estimate of drug-likeness (QED) is 0.807. The molecule has 2 N–H and O–H groups in total. The molecule has 0 spiro atoms. The summed E-state index contributed by atoms with van der Waals surface area (Å²) in [5.41, 5.74) is 0.851. The zero-order valence-electron chi connectivity index (χ0n) is 12.2. The normalized spacial score (nSPS) is 12.8. The fourth-order valence-corrected chi connectivity index (χ4v) is 2.46. The van der Waals surface area contributed by atoms with Gasteiger partial charge in [-0.1, -0.05) is 30.3 Å². The summed E-state index contributed by atoms with van der Waals surface area (Å²) in [6.07, 6.45) is 1.53. The number of carbonyl (C=O) groups excluding carboxylic acids is 1. The minimum Gasteiger partial charge on any atom is -0.467 e. The van der Waals surface area contributed by atoms with Crippen molar-refractivity contribution in [1.82, 2.24) is 10.0 Å². The van der Waals surface area contributed by atoms with Crippen LogP contribution in [0.15, 0.2) is 53.1 Å².